The van der Waals surface area contributed by atoms with E-state index in [1.165, 1.54) is 30.3 Å². The number of hydrogen-bond donors (Lipinski definition) is 1. The molecule has 5 nitrogen and oxygen atoms in total. The third-order valence-corrected chi connectivity index (χ3v) is 7.06. The monoisotopic (exact) mass is 476 g/mol. The highest BCUT2D eigenvalue weighted by atomic mass is 35.5. The zero-order chi connectivity index (χ0) is 22.6. The van der Waals surface area contributed by atoms with Crippen LogP contribution >= 0.6 is 23.2 Å². The van der Waals surface area contributed by atoms with Crippen molar-refractivity contribution in [2.24, 2.45) is 0 Å². The molecule has 0 unspecified atom stereocenters. The van der Waals surface area contributed by atoms with Crippen LogP contribution in [0.1, 0.15) is 24.1 Å². The molecule has 0 aliphatic carbocycles. The van der Waals surface area contributed by atoms with Crippen LogP contribution in [-0.2, 0) is 14.8 Å². The number of benzene rings is 3. The van der Waals surface area contributed by atoms with Gasteiger partial charge in [-0.2, -0.15) is 0 Å². The van der Waals surface area contributed by atoms with Crippen LogP contribution in [-0.4, -0.2) is 20.9 Å². The van der Waals surface area contributed by atoms with E-state index in [1.807, 2.05) is 38.1 Å². The number of nitrogens with one attached hydrogen (secondary N) is 1. The van der Waals surface area contributed by atoms with Crippen molar-refractivity contribution in [1.82, 2.24) is 5.32 Å². The zero-order valence-electron chi connectivity index (χ0n) is 17.0. The molecule has 8 heteroatoms. The molecule has 1 amide bonds. The summed E-state index contributed by atoms with van der Waals surface area (Å²) in [5, 5.41) is 3.35. The molecule has 0 aliphatic heterocycles. The zero-order valence-corrected chi connectivity index (χ0v) is 19.4. The van der Waals surface area contributed by atoms with Crippen LogP contribution in [0.2, 0.25) is 10.0 Å². The maximum Gasteiger partial charge on any atom is 0.264 e. The van der Waals surface area contributed by atoms with Gasteiger partial charge in [-0.15, -0.1) is 0 Å². The average molecular weight is 477 g/mol. The Morgan fingerprint density at radius 1 is 1.00 bits per heavy atom. The van der Waals surface area contributed by atoms with Gasteiger partial charge in [0.25, 0.3) is 10.0 Å². The lowest BCUT2D eigenvalue weighted by molar-refractivity contribution is -0.120. The van der Waals surface area contributed by atoms with Gasteiger partial charge in [-0.25, -0.2) is 8.42 Å². The first-order valence-corrected chi connectivity index (χ1v) is 11.8. The second kappa shape index (κ2) is 9.73. The molecular formula is C23H22Cl2N2O3S. The largest absolute Gasteiger partial charge is 0.348 e. The molecule has 0 aromatic heterocycles. The molecule has 0 fully saturated rings. The lowest BCUT2D eigenvalue weighted by Crippen LogP contribution is -2.41. The maximum absolute atomic E-state index is 13.4. The van der Waals surface area contributed by atoms with Crippen LogP contribution < -0.4 is 9.62 Å². The summed E-state index contributed by atoms with van der Waals surface area (Å²) in [4.78, 5) is 12.9. The normalized spacial score (nSPS) is 12.3. The molecular weight excluding hydrogens is 455 g/mol. The van der Waals surface area contributed by atoms with Gasteiger partial charge in [0.2, 0.25) is 5.91 Å². The number of hydrogen-bond acceptors (Lipinski definition) is 3. The van der Waals surface area contributed by atoms with E-state index in [-0.39, 0.29) is 21.6 Å². The molecule has 0 aliphatic rings. The molecule has 1 N–H and O–H groups in total. The van der Waals surface area contributed by atoms with Crippen LogP contribution in [0.3, 0.4) is 0 Å². The summed E-state index contributed by atoms with van der Waals surface area (Å²) >= 11 is 12.3. The van der Waals surface area contributed by atoms with E-state index >= 15 is 0 Å². The van der Waals surface area contributed by atoms with E-state index < -0.39 is 22.5 Å². The number of amides is 1. The third-order valence-electron chi connectivity index (χ3n) is 4.75. The topological polar surface area (TPSA) is 66.5 Å². The van der Waals surface area contributed by atoms with Crippen molar-refractivity contribution in [3.8, 4) is 0 Å². The Morgan fingerprint density at radius 3 is 2.26 bits per heavy atom. The van der Waals surface area contributed by atoms with E-state index in [2.05, 4.69) is 5.32 Å². The van der Waals surface area contributed by atoms with Crippen LogP contribution in [0.25, 0.3) is 0 Å². The number of sulfonamides is 1. The fourth-order valence-corrected chi connectivity index (χ4v) is 5.08. The second-order valence-corrected chi connectivity index (χ2v) is 9.83. The Bertz CT molecular complexity index is 1170. The summed E-state index contributed by atoms with van der Waals surface area (Å²) in [6.07, 6.45) is 0. The highest BCUT2D eigenvalue weighted by Gasteiger charge is 2.29. The van der Waals surface area contributed by atoms with Crippen molar-refractivity contribution < 1.29 is 13.2 Å². The molecule has 3 rings (SSSR count). The lowest BCUT2D eigenvalue weighted by Gasteiger charge is -2.26. The number of halogens is 2. The maximum atomic E-state index is 13.4. The first kappa shape index (κ1) is 23.1. The highest BCUT2D eigenvalue weighted by Crippen LogP contribution is 2.32. The van der Waals surface area contributed by atoms with Crippen molar-refractivity contribution in [1.29, 1.82) is 0 Å². The first-order valence-electron chi connectivity index (χ1n) is 9.57. The van der Waals surface area contributed by atoms with Gasteiger partial charge in [0.15, 0.2) is 0 Å². The van der Waals surface area contributed by atoms with E-state index in [1.54, 1.807) is 18.2 Å². The predicted molar refractivity (Wildman–Crippen MR) is 125 cm³/mol. The average Bonchev–Trinajstić information content (AvgIpc) is 2.73. The van der Waals surface area contributed by atoms with Gasteiger partial charge in [0.05, 0.1) is 21.6 Å². The Labute approximate surface area is 192 Å². The summed E-state index contributed by atoms with van der Waals surface area (Å²) in [5.41, 5.74) is 2.20. The summed E-state index contributed by atoms with van der Waals surface area (Å²) < 4.78 is 27.7. The smallest absolute Gasteiger partial charge is 0.264 e. The van der Waals surface area contributed by atoms with E-state index in [4.69, 9.17) is 23.2 Å². The molecule has 1 atom stereocenters. The number of carbonyl (C=O) groups is 1. The van der Waals surface area contributed by atoms with Crippen molar-refractivity contribution in [3.05, 3.63) is 94.0 Å². The van der Waals surface area contributed by atoms with Gasteiger partial charge in [0.1, 0.15) is 6.54 Å². The highest BCUT2D eigenvalue weighted by molar-refractivity contribution is 7.92. The molecule has 31 heavy (non-hydrogen) atoms. The van der Waals surface area contributed by atoms with Crippen LogP contribution in [0.5, 0.6) is 0 Å². The Hall–Kier alpha value is -2.54. The quantitative estimate of drug-likeness (QED) is 0.497. The summed E-state index contributed by atoms with van der Waals surface area (Å²) in [6, 6.07) is 19.8. The van der Waals surface area contributed by atoms with Crippen molar-refractivity contribution >= 4 is 44.8 Å². The molecule has 0 spiro atoms. The van der Waals surface area contributed by atoms with Crippen LogP contribution in [0.15, 0.2) is 77.7 Å². The fraction of sp³-hybridized carbons (Fsp3) is 0.174. The number of aryl methyl sites for hydroxylation is 1. The predicted octanol–water partition coefficient (Wildman–Crippen LogP) is 5.37. The third kappa shape index (κ3) is 5.58. The number of rotatable bonds is 7. The van der Waals surface area contributed by atoms with E-state index in [0.29, 0.717) is 5.02 Å². The van der Waals surface area contributed by atoms with Gasteiger partial charge in [0, 0.05) is 5.02 Å². The van der Waals surface area contributed by atoms with Gasteiger partial charge in [-0.05, 0) is 49.7 Å². The fourth-order valence-electron chi connectivity index (χ4n) is 3.06. The number of carbonyl (C=O) groups excluding carboxylic acids is 1. The van der Waals surface area contributed by atoms with Crippen molar-refractivity contribution in [3.63, 3.8) is 0 Å². The lowest BCUT2D eigenvalue weighted by atomic mass is 10.1. The van der Waals surface area contributed by atoms with Gasteiger partial charge >= 0.3 is 0 Å². The van der Waals surface area contributed by atoms with Crippen LogP contribution in [0.4, 0.5) is 5.69 Å². The summed E-state index contributed by atoms with van der Waals surface area (Å²) in [5.74, 6) is -0.460. The molecule has 0 saturated carbocycles. The van der Waals surface area contributed by atoms with Crippen molar-refractivity contribution in [2.45, 2.75) is 24.8 Å². The van der Waals surface area contributed by atoms with E-state index in [0.717, 1.165) is 15.4 Å². The molecule has 3 aromatic carbocycles. The standard InChI is InChI=1S/C23H22Cl2N2O3S/c1-16-8-10-18(11-9-16)17(2)26-23(28)15-27(22-13-12-19(24)14-21(22)25)31(29,30)20-6-4-3-5-7-20/h3-14,17H,15H2,1-2H3,(H,26,28)/t17-/m1/s1. The van der Waals surface area contributed by atoms with Gasteiger partial charge in [-0.1, -0.05) is 71.2 Å². The molecule has 3 aromatic rings. The summed E-state index contributed by atoms with van der Waals surface area (Å²) in [6.45, 7) is 3.39. The molecule has 0 bridgehead atoms. The Balaban J connectivity index is 1.91. The Morgan fingerprint density at radius 2 is 1.65 bits per heavy atom. The first-order chi connectivity index (χ1) is 14.7. The minimum Gasteiger partial charge on any atom is -0.348 e. The van der Waals surface area contributed by atoms with Crippen molar-refractivity contribution in [2.75, 3.05) is 10.8 Å². The van der Waals surface area contributed by atoms with Gasteiger partial charge < -0.3 is 5.32 Å². The molecule has 0 radical (unpaired) electrons. The second-order valence-electron chi connectivity index (χ2n) is 7.12. The number of nitrogens with zero attached hydrogens (tertiary/aromatic N) is 1. The molecule has 162 valence electrons. The SMILES string of the molecule is Cc1ccc([C@@H](C)NC(=O)CN(c2ccc(Cl)cc2Cl)S(=O)(=O)c2ccccc2)cc1. The minimum absolute atomic E-state index is 0.0559. The number of anilines is 1. The minimum atomic E-state index is -4.05. The Kier molecular flexibility index (Phi) is 7.26. The van der Waals surface area contributed by atoms with E-state index in [9.17, 15) is 13.2 Å². The molecule has 0 heterocycles. The van der Waals surface area contributed by atoms with Gasteiger partial charge in [-0.3, -0.25) is 9.10 Å². The molecule has 0 saturated heterocycles. The van der Waals surface area contributed by atoms with Crippen LogP contribution in [0, 0.1) is 6.92 Å². The summed E-state index contributed by atoms with van der Waals surface area (Å²) in [7, 11) is -4.05.